The number of nitrogens with zero attached hydrogens (tertiary/aromatic N) is 1. The molecule has 0 bridgehead atoms. The summed E-state index contributed by atoms with van der Waals surface area (Å²) in [6, 6.07) is 7.72. The Bertz CT molecular complexity index is 1070. The molecular weight excluding hydrogens is 501 g/mol. The molecule has 1 unspecified atom stereocenters. The molecule has 12 heteroatoms. The van der Waals surface area contributed by atoms with Crippen molar-refractivity contribution in [3.63, 3.8) is 0 Å². The fraction of sp³-hybridized carbons (Fsp3) is 0.300. The summed E-state index contributed by atoms with van der Waals surface area (Å²) < 4.78 is 81.0. The predicted octanol–water partition coefficient (Wildman–Crippen LogP) is 6.89. The van der Waals surface area contributed by atoms with Gasteiger partial charge in [0, 0.05) is 22.0 Å². The molecule has 3 nitrogen and oxygen atoms in total. The van der Waals surface area contributed by atoms with Crippen LogP contribution < -0.4 is 5.32 Å². The van der Waals surface area contributed by atoms with E-state index in [0.717, 1.165) is 0 Å². The largest absolute Gasteiger partial charge is 0.409 e. The van der Waals surface area contributed by atoms with E-state index in [9.17, 15) is 31.1 Å². The van der Waals surface area contributed by atoms with Gasteiger partial charge in [0.25, 0.3) is 5.91 Å². The van der Waals surface area contributed by atoms with Crippen LogP contribution in [-0.4, -0.2) is 30.5 Å². The second kappa shape index (κ2) is 8.79. The van der Waals surface area contributed by atoms with Crippen molar-refractivity contribution >= 4 is 46.8 Å². The van der Waals surface area contributed by atoms with Crippen LogP contribution in [0.5, 0.6) is 0 Å². The van der Waals surface area contributed by atoms with Gasteiger partial charge < -0.3 is 5.32 Å². The molecule has 0 spiro atoms. The zero-order valence-electron chi connectivity index (χ0n) is 16.2. The summed E-state index contributed by atoms with van der Waals surface area (Å²) in [4.78, 5) is 12.0. The van der Waals surface area contributed by atoms with Gasteiger partial charge in [0.05, 0.1) is 5.71 Å². The normalized spacial score (nSPS) is 19.1. The molecule has 1 heterocycles. The van der Waals surface area contributed by atoms with E-state index in [0.29, 0.717) is 23.1 Å². The van der Waals surface area contributed by atoms with Gasteiger partial charge in [0.2, 0.25) is 0 Å². The van der Waals surface area contributed by atoms with E-state index < -0.39 is 36.0 Å². The molecule has 1 aliphatic heterocycles. The topological polar surface area (TPSA) is 41.5 Å². The molecule has 0 radical (unpaired) electrons. The van der Waals surface area contributed by atoms with Crippen molar-refractivity contribution in [1.29, 1.82) is 0 Å². The van der Waals surface area contributed by atoms with Crippen molar-refractivity contribution in [2.24, 2.45) is 4.40 Å². The second-order valence-corrected chi connectivity index (χ2v) is 9.05. The SMILES string of the molecule is Cc1cc(C2=NSC(c3cc(Cl)cc(Cl)c3)(C(F)(F)F)C2)ccc1C(=O)NCC(F)(F)F. The molecule has 3 rings (SSSR count). The first-order valence-corrected chi connectivity index (χ1v) is 10.5. The summed E-state index contributed by atoms with van der Waals surface area (Å²) in [6.07, 6.45) is -9.77. The number of carbonyl (C=O) groups excluding carboxylic acids is 1. The van der Waals surface area contributed by atoms with Gasteiger partial charge in [-0.2, -0.15) is 26.3 Å². The molecule has 2 aromatic carbocycles. The van der Waals surface area contributed by atoms with Crippen LogP contribution in [0.4, 0.5) is 26.3 Å². The van der Waals surface area contributed by atoms with E-state index >= 15 is 0 Å². The molecule has 0 saturated heterocycles. The quantitative estimate of drug-likeness (QED) is 0.356. The van der Waals surface area contributed by atoms with Crippen LogP contribution in [0.15, 0.2) is 40.8 Å². The average molecular weight is 515 g/mol. The maximum atomic E-state index is 14.2. The number of hydrogen-bond acceptors (Lipinski definition) is 3. The lowest BCUT2D eigenvalue weighted by Gasteiger charge is -2.30. The Balaban J connectivity index is 1.88. The minimum atomic E-state index is -4.69. The van der Waals surface area contributed by atoms with Crippen LogP contribution in [0.1, 0.15) is 33.5 Å². The molecular formula is C20H14Cl2F6N2OS. The number of nitrogens with one attached hydrogen (secondary N) is 1. The Morgan fingerprint density at radius 3 is 2.25 bits per heavy atom. The number of benzene rings is 2. The van der Waals surface area contributed by atoms with Crippen LogP contribution >= 0.6 is 35.1 Å². The highest BCUT2D eigenvalue weighted by molar-refractivity contribution is 7.99. The highest BCUT2D eigenvalue weighted by Gasteiger charge is 2.60. The summed E-state index contributed by atoms with van der Waals surface area (Å²) in [6.45, 7) is -0.0188. The van der Waals surface area contributed by atoms with E-state index in [1.165, 1.54) is 43.3 Å². The summed E-state index contributed by atoms with van der Waals surface area (Å²) in [5, 5.41) is 1.86. The van der Waals surface area contributed by atoms with Gasteiger partial charge in [-0.25, -0.2) is 4.40 Å². The number of carbonyl (C=O) groups is 1. The van der Waals surface area contributed by atoms with E-state index in [1.54, 1.807) is 5.32 Å². The van der Waals surface area contributed by atoms with Crippen molar-refractivity contribution in [1.82, 2.24) is 5.32 Å². The van der Waals surface area contributed by atoms with Gasteiger partial charge in [-0.3, -0.25) is 4.79 Å². The van der Waals surface area contributed by atoms with Crippen molar-refractivity contribution in [2.75, 3.05) is 6.54 Å². The first-order chi connectivity index (χ1) is 14.7. The molecule has 0 aliphatic carbocycles. The molecule has 1 aliphatic rings. The van der Waals surface area contributed by atoms with Crippen LogP contribution in [0.25, 0.3) is 0 Å². The Morgan fingerprint density at radius 2 is 1.72 bits per heavy atom. The van der Waals surface area contributed by atoms with Crippen molar-refractivity contribution in [3.8, 4) is 0 Å². The maximum Gasteiger partial charge on any atom is 0.409 e. The minimum absolute atomic E-state index is 0.0204. The maximum absolute atomic E-state index is 14.2. The van der Waals surface area contributed by atoms with Gasteiger partial charge in [-0.15, -0.1) is 0 Å². The Kier molecular flexibility index (Phi) is 6.80. The number of halogens is 8. The Morgan fingerprint density at radius 1 is 1.09 bits per heavy atom. The molecule has 0 fully saturated rings. The lowest BCUT2D eigenvalue weighted by molar-refractivity contribution is -0.159. The average Bonchev–Trinajstić information content (AvgIpc) is 3.11. The summed E-state index contributed by atoms with van der Waals surface area (Å²) in [5.41, 5.74) is 0.569. The number of rotatable bonds is 4. The number of aryl methyl sites for hydroxylation is 1. The zero-order chi connectivity index (χ0) is 23.9. The fourth-order valence-corrected chi connectivity index (χ4v) is 4.71. The molecule has 32 heavy (non-hydrogen) atoms. The van der Waals surface area contributed by atoms with Gasteiger partial charge in [0.15, 0.2) is 4.75 Å². The molecule has 2 aromatic rings. The van der Waals surface area contributed by atoms with Crippen molar-refractivity contribution in [2.45, 2.75) is 30.4 Å². The molecule has 1 atom stereocenters. The number of hydrogen-bond donors (Lipinski definition) is 1. The minimum Gasteiger partial charge on any atom is -0.343 e. The van der Waals surface area contributed by atoms with Gasteiger partial charge in [-0.1, -0.05) is 29.3 Å². The first-order valence-electron chi connectivity index (χ1n) is 8.96. The summed E-state index contributed by atoms with van der Waals surface area (Å²) in [7, 11) is 0. The molecule has 1 N–H and O–H groups in total. The first kappa shape index (κ1) is 24.7. The van der Waals surface area contributed by atoms with Crippen LogP contribution in [0.2, 0.25) is 10.0 Å². The third-order valence-corrected chi connectivity index (χ3v) is 6.44. The highest BCUT2D eigenvalue weighted by atomic mass is 35.5. The van der Waals surface area contributed by atoms with Crippen molar-refractivity contribution in [3.05, 3.63) is 68.7 Å². The molecule has 0 saturated carbocycles. The van der Waals surface area contributed by atoms with Gasteiger partial charge in [0.1, 0.15) is 6.54 Å². The van der Waals surface area contributed by atoms with E-state index in [1.807, 2.05) is 0 Å². The van der Waals surface area contributed by atoms with E-state index in [4.69, 9.17) is 23.2 Å². The standard InChI is InChI=1S/C20H14Cl2F6N2OS/c1-10-4-11(2-3-15(10)17(31)29-9-19(23,24)25)16-8-18(32-30-16,20(26,27)28)12-5-13(21)7-14(22)6-12/h2-7H,8-9H2,1H3,(H,29,31). The molecule has 172 valence electrons. The summed E-state index contributed by atoms with van der Waals surface area (Å²) >= 11 is 12.2. The Hall–Kier alpha value is -1.91. The van der Waals surface area contributed by atoms with E-state index in [-0.39, 0.29) is 26.9 Å². The molecule has 0 aromatic heterocycles. The van der Waals surface area contributed by atoms with Crippen LogP contribution in [0, 0.1) is 6.92 Å². The third-order valence-electron chi connectivity index (χ3n) is 4.77. The van der Waals surface area contributed by atoms with Gasteiger partial charge in [-0.05, 0) is 65.9 Å². The Labute approximate surface area is 193 Å². The van der Waals surface area contributed by atoms with Crippen LogP contribution in [-0.2, 0) is 4.75 Å². The predicted molar refractivity (Wildman–Crippen MR) is 113 cm³/mol. The third kappa shape index (κ3) is 5.18. The lowest BCUT2D eigenvalue weighted by atomic mass is 9.89. The lowest BCUT2D eigenvalue weighted by Crippen LogP contribution is -2.38. The van der Waals surface area contributed by atoms with Gasteiger partial charge >= 0.3 is 12.4 Å². The monoisotopic (exact) mass is 514 g/mol. The smallest absolute Gasteiger partial charge is 0.343 e. The zero-order valence-corrected chi connectivity index (χ0v) is 18.5. The highest BCUT2D eigenvalue weighted by Crippen LogP contribution is 2.57. The van der Waals surface area contributed by atoms with E-state index in [2.05, 4.69) is 4.40 Å². The number of alkyl halides is 6. The van der Waals surface area contributed by atoms with Crippen LogP contribution in [0.3, 0.4) is 0 Å². The fourth-order valence-electron chi connectivity index (χ4n) is 3.22. The number of amides is 1. The second-order valence-electron chi connectivity index (χ2n) is 7.12. The summed E-state index contributed by atoms with van der Waals surface area (Å²) in [5.74, 6) is -0.938. The van der Waals surface area contributed by atoms with Crippen molar-refractivity contribution < 1.29 is 31.1 Å². The molecule has 1 amide bonds.